The van der Waals surface area contributed by atoms with Crippen molar-refractivity contribution >= 4 is 12.1 Å². The van der Waals surface area contributed by atoms with Crippen molar-refractivity contribution in [2.45, 2.75) is 88.1 Å². The number of benzene rings is 2. The summed E-state index contributed by atoms with van der Waals surface area (Å²) in [5.41, 5.74) is 4.29. The lowest BCUT2D eigenvalue weighted by Crippen LogP contribution is -3.00. The molecule has 6 heteroatoms. The molecule has 1 aliphatic carbocycles. The molecule has 5 nitrogen and oxygen atoms in total. The van der Waals surface area contributed by atoms with E-state index in [2.05, 4.69) is 106 Å². The summed E-state index contributed by atoms with van der Waals surface area (Å²) in [5.74, 6) is 1.62. The zero-order valence-corrected chi connectivity index (χ0v) is 27.6. The third-order valence-electron chi connectivity index (χ3n) is 11.6. The van der Waals surface area contributed by atoms with Gasteiger partial charge in [-0.1, -0.05) is 60.7 Å². The van der Waals surface area contributed by atoms with E-state index in [4.69, 9.17) is 0 Å². The van der Waals surface area contributed by atoms with Crippen LogP contribution in [0.3, 0.4) is 0 Å². The highest BCUT2D eigenvalue weighted by Crippen LogP contribution is 2.55. The Morgan fingerprint density at radius 3 is 1.95 bits per heavy atom. The molecule has 2 atom stereocenters. The highest BCUT2D eigenvalue weighted by atomic mass is 35.5. The van der Waals surface area contributed by atoms with Gasteiger partial charge in [-0.15, -0.1) is 0 Å². The van der Waals surface area contributed by atoms with Crippen LogP contribution in [0.5, 0.6) is 0 Å². The minimum absolute atomic E-state index is 0. The number of allylic oxidation sites excluding steroid dienone is 1. The Labute approximate surface area is 271 Å². The molecule has 5 aliphatic heterocycles. The largest absolute Gasteiger partial charge is 1.00 e. The number of carbonyl (C=O) groups is 1. The second-order valence-corrected chi connectivity index (χ2v) is 14.8. The predicted octanol–water partition coefficient (Wildman–Crippen LogP) is 3.28. The first-order chi connectivity index (χ1) is 20.9. The maximum absolute atomic E-state index is 14.5. The summed E-state index contributed by atoms with van der Waals surface area (Å²) >= 11 is 0. The lowest BCUT2D eigenvalue weighted by Gasteiger charge is -2.50. The second kappa shape index (κ2) is 13.0. The molecule has 4 saturated heterocycles. The van der Waals surface area contributed by atoms with E-state index in [-0.39, 0.29) is 23.5 Å². The van der Waals surface area contributed by atoms with Crippen LogP contribution >= 0.6 is 0 Å². The van der Waals surface area contributed by atoms with E-state index in [1.54, 1.807) is 0 Å². The maximum Gasteiger partial charge on any atom is 0.288 e. The Bertz CT molecular complexity index is 1290. The fourth-order valence-electron chi connectivity index (χ4n) is 9.31. The average Bonchev–Trinajstić information content (AvgIpc) is 3.47. The van der Waals surface area contributed by atoms with Gasteiger partial charge >= 0.3 is 0 Å². The molecular weight excluding hydrogens is 564 g/mol. The number of nitrogens with zero attached hydrogens (tertiary/aromatic N) is 4. The van der Waals surface area contributed by atoms with Crippen molar-refractivity contribution in [2.24, 2.45) is 5.92 Å². The van der Waals surface area contributed by atoms with E-state index in [9.17, 15) is 4.79 Å². The van der Waals surface area contributed by atoms with E-state index in [1.165, 1.54) is 62.0 Å². The van der Waals surface area contributed by atoms with Gasteiger partial charge in [0.25, 0.3) is 5.91 Å². The van der Waals surface area contributed by atoms with E-state index in [0.717, 1.165) is 45.4 Å². The van der Waals surface area contributed by atoms with Gasteiger partial charge in [0.05, 0.1) is 6.42 Å². The van der Waals surface area contributed by atoms with Crippen LogP contribution in [0.1, 0.15) is 88.2 Å². The minimum Gasteiger partial charge on any atom is -1.00 e. The number of fused-ring (bicyclic) bond motifs is 4. The number of carbonyl (C=O) groups excluding carboxylic acids is 1. The van der Waals surface area contributed by atoms with Crippen LogP contribution in [0.15, 0.2) is 72.4 Å². The van der Waals surface area contributed by atoms with Crippen LogP contribution in [-0.4, -0.2) is 88.3 Å². The number of piperidine rings is 1. The van der Waals surface area contributed by atoms with Crippen LogP contribution in [0.4, 0.5) is 0 Å². The monoisotopic (exact) mass is 614 g/mol. The highest BCUT2D eigenvalue weighted by molar-refractivity contribution is 5.79. The molecule has 2 bridgehead atoms. The summed E-state index contributed by atoms with van der Waals surface area (Å²) in [4.78, 5) is 22.2. The number of halogens is 1. The molecule has 0 N–H and O–H groups in total. The van der Waals surface area contributed by atoms with Crippen LogP contribution in [0, 0.1) is 5.92 Å². The van der Waals surface area contributed by atoms with Gasteiger partial charge in [0, 0.05) is 57.3 Å². The summed E-state index contributed by atoms with van der Waals surface area (Å²) < 4.78 is 2.33. The SMILES string of the molecule is CC1(C)CC(N2CCCCC2)=CC=[N+]1CC(=O)N1CC2C(c3ccccc3)CC(N3CCCC3)(CC2c2ccccc2)C1.[Cl-]. The second-order valence-electron chi connectivity index (χ2n) is 14.8. The van der Waals surface area contributed by atoms with Gasteiger partial charge in [0.15, 0.2) is 11.8 Å². The molecule has 0 radical (unpaired) electrons. The molecule has 0 spiro atoms. The quantitative estimate of drug-likeness (QED) is 0.468. The molecule has 5 heterocycles. The molecule has 1 amide bonds. The summed E-state index contributed by atoms with van der Waals surface area (Å²) in [7, 11) is 0. The molecule has 2 aromatic carbocycles. The number of likely N-dealkylation sites (tertiary alicyclic amines) is 2. The molecule has 6 aliphatic rings. The Morgan fingerprint density at radius 1 is 0.818 bits per heavy atom. The molecule has 1 saturated carbocycles. The van der Waals surface area contributed by atoms with Gasteiger partial charge in [-0.3, -0.25) is 9.69 Å². The summed E-state index contributed by atoms with van der Waals surface area (Å²) in [6.07, 6.45) is 14.3. The molecule has 236 valence electrons. The lowest BCUT2D eigenvalue weighted by molar-refractivity contribution is -0.588. The molecule has 0 aromatic heterocycles. The van der Waals surface area contributed by atoms with Crippen LogP contribution in [0.25, 0.3) is 0 Å². The van der Waals surface area contributed by atoms with Gasteiger partial charge in [-0.05, 0) is 86.9 Å². The van der Waals surface area contributed by atoms with E-state index in [0.29, 0.717) is 30.2 Å². The highest BCUT2D eigenvalue weighted by Gasteiger charge is 2.55. The first-order valence-electron chi connectivity index (χ1n) is 17.1. The minimum atomic E-state index is -0.0756. The molecule has 44 heavy (non-hydrogen) atoms. The summed E-state index contributed by atoms with van der Waals surface area (Å²) in [6, 6.07) is 22.5. The Balaban J connectivity index is 0.00000343. The standard InChI is InChI=1S/C38H51N4O.ClH/c1-37(2)24-32(39-19-10-5-11-20-39)18-23-42(37)28-36(43)40-27-35-33(30-14-6-3-7-15-30)25-38(29-40,41-21-12-13-22-41)26-34(35)31-16-8-4-9-17-31;/h3-4,6-9,14-18,23,33-35H,5,10-13,19-22,24-29H2,1-2H3;1H/q+1;/p-1. The topological polar surface area (TPSA) is 29.8 Å². The van der Waals surface area contributed by atoms with Gasteiger partial charge in [-0.25, -0.2) is 4.58 Å². The van der Waals surface area contributed by atoms with Gasteiger partial charge < -0.3 is 22.2 Å². The van der Waals surface area contributed by atoms with Crippen LogP contribution in [-0.2, 0) is 4.79 Å². The first-order valence-corrected chi connectivity index (χ1v) is 17.1. The van der Waals surface area contributed by atoms with Gasteiger partial charge in [-0.2, -0.15) is 0 Å². The van der Waals surface area contributed by atoms with Crippen molar-refractivity contribution in [1.29, 1.82) is 0 Å². The third kappa shape index (κ3) is 6.11. The van der Waals surface area contributed by atoms with Crippen molar-refractivity contribution in [1.82, 2.24) is 14.7 Å². The Morgan fingerprint density at radius 2 is 1.39 bits per heavy atom. The van der Waals surface area contributed by atoms with E-state index >= 15 is 0 Å². The number of rotatable bonds is 6. The molecule has 5 fully saturated rings. The Hall–Kier alpha value is -2.63. The first kappa shape index (κ1) is 31.4. The van der Waals surface area contributed by atoms with Crippen LogP contribution in [0.2, 0.25) is 0 Å². The number of hydrogen-bond donors (Lipinski definition) is 0. The third-order valence-corrected chi connectivity index (χ3v) is 11.6. The molecular formula is C38H51ClN4O. The van der Waals surface area contributed by atoms with Crippen molar-refractivity contribution in [3.8, 4) is 0 Å². The van der Waals surface area contributed by atoms with Crippen molar-refractivity contribution in [3.63, 3.8) is 0 Å². The zero-order valence-electron chi connectivity index (χ0n) is 26.8. The normalized spacial score (nSPS) is 30.3. The number of amides is 1. The Kier molecular flexibility index (Phi) is 9.27. The smallest absolute Gasteiger partial charge is 0.288 e. The summed E-state index contributed by atoms with van der Waals surface area (Å²) in [6.45, 7) is 11.5. The van der Waals surface area contributed by atoms with Crippen molar-refractivity contribution in [2.75, 3.05) is 45.8 Å². The molecule has 2 unspecified atom stereocenters. The van der Waals surface area contributed by atoms with E-state index < -0.39 is 0 Å². The van der Waals surface area contributed by atoms with Gasteiger partial charge in [0.2, 0.25) is 6.54 Å². The zero-order chi connectivity index (χ0) is 29.4. The van der Waals surface area contributed by atoms with Gasteiger partial charge in [0.1, 0.15) is 0 Å². The fourth-order valence-corrected chi connectivity index (χ4v) is 9.31. The van der Waals surface area contributed by atoms with Crippen molar-refractivity contribution in [3.05, 3.63) is 83.6 Å². The van der Waals surface area contributed by atoms with E-state index in [1.807, 2.05) is 0 Å². The van der Waals surface area contributed by atoms with Crippen LogP contribution < -0.4 is 12.4 Å². The van der Waals surface area contributed by atoms with Crippen molar-refractivity contribution < 1.29 is 21.8 Å². The number of hydrogen-bond acceptors (Lipinski definition) is 3. The summed E-state index contributed by atoms with van der Waals surface area (Å²) in [5, 5.41) is 0. The average molecular weight is 615 g/mol. The molecule has 8 rings (SSSR count). The maximum atomic E-state index is 14.5. The molecule has 2 aromatic rings. The lowest BCUT2D eigenvalue weighted by atomic mass is 9.61. The predicted molar refractivity (Wildman–Crippen MR) is 175 cm³/mol. The fraction of sp³-hybridized carbons (Fsp3) is 0.579.